The summed E-state index contributed by atoms with van der Waals surface area (Å²) in [5.74, 6) is -0.0231. The van der Waals surface area contributed by atoms with Crippen LogP contribution in [0.5, 0.6) is 0 Å². The van der Waals surface area contributed by atoms with E-state index in [1.54, 1.807) is 7.11 Å². The quantitative estimate of drug-likeness (QED) is 0.569. The third kappa shape index (κ3) is 1.90. The van der Waals surface area contributed by atoms with Gasteiger partial charge >= 0.3 is 0 Å². The van der Waals surface area contributed by atoms with E-state index in [9.17, 15) is 4.79 Å². The minimum atomic E-state index is -0.623. The van der Waals surface area contributed by atoms with E-state index in [0.29, 0.717) is 12.8 Å². The van der Waals surface area contributed by atoms with Gasteiger partial charge in [0.2, 0.25) is 0 Å². The van der Waals surface area contributed by atoms with Gasteiger partial charge in [-0.05, 0) is 18.9 Å². The first-order valence-electron chi connectivity index (χ1n) is 3.88. The largest absolute Gasteiger partial charge is 0.370 e. The highest BCUT2D eigenvalue weighted by atomic mass is 16.5. The molecule has 0 unspecified atom stereocenters. The van der Waals surface area contributed by atoms with E-state index >= 15 is 0 Å². The summed E-state index contributed by atoms with van der Waals surface area (Å²) in [6.07, 6.45) is 2.73. The van der Waals surface area contributed by atoms with Crippen molar-refractivity contribution in [3.63, 3.8) is 0 Å². The Hall–Kier alpha value is -0.630. The van der Waals surface area contributed by atoms with Gasteiger partial charge in [0.25, 0.3) is 0 Å². The Morgan fingerprint density at radius 2 is 2.00 bits per heavy atom. The van der Waals surface area contributed by atoms with Gasteiger partial charge in [-0.1, -0.05) is 20.4 Å². The minimum Gasteiger partial charge on any atom is -0.370 e. The molecule has 0 aromatic carbocycles. The molecule has 0 spiro atoms. The van der Waals surface area contributed by atoms with E-state index in [1.807, 2.05) is 13.8 Å². The van der Waals surface area contributed by atoms with E-state index in [-0.39, 0.29) is 5.78 Å². The second kappa shape index (κ2) is 4.29. The predicted octanol–water partition coefficient (Wildman–Crippen LogP) is 1.95. The molecule has 0 atom stereocenters. The molecule has 0 heterocycles. The summed E-state index contributed by atoms with van der Waals surface area (Å²) < 4.78 is 5.17. The number of ketones is 1. The lowest BCUT2D eigenvalue weighted by Crippen LogP contribution is -2.38. The lowest BCUT2D eigenvalue weighted by atomic mass is 9.92. The highest BCUT2D eigenvalue weighted by Crippen LogP contribution is 2.20. The molecule has 0 aliphatic rings. The van der Waals surface area contributed by atoms with Crippen molar-refractivity contribution < 1.29 is 9.53 Å². The molecule has 0 amide bonds. The fourth-order valence-electron chi connectivity index (χ4n) is 1.17. The molecule has 0 saturated heterocycles. The van der Waals surface area contributed by atoms with Gasteiger partial charge in [0.15, 0.2) is 5.78 Å². The molecule has 2 nitrogen and oxygen atoms in total. The van der Waals surface area contributed by atoms with Gasteiger partial charge in [0.05, 0.1) is 0 Å². The third-order valence-electron chi connectivity index (χ3n) is 2.17. The van der Waals surface area contributed by atoms with Crippen LogP contribution in [0, 0.1) is 0 Å². The van der Waals surface area contributed by atoms with Gasteiger partial charge in [-0.15, -0.1) is 0 Å². The molecular weight excluding hydrogens is 140 g/mol. The number of rotatable bonds is 5. The zero-order valence-corrected chi connectivity index (χ0v) is 7.52. The molecule has 11 heavy (non-hydrogen) atoms. The molecule has 0 rings (SSSR count). The smallest absolute Gasteiger partial charge is 0.186 e. The summed E-state index contributed by atoms with van der Waals surface area (Å²) in [6.45, 7) is 7.32. The summed E-state index contributed by atoms with van der Waals surface area (Å²) >= 11 is 0. The maximum absolute atomic E-state index is 11.3. The van der Waals surface area contributed by atoms with Crippen molar-refractivity contribution in [2.24, 2.45) is 0 Å². The molecule has 0 aromatic rings. The average molecular weight is 156 g/mol. The normalized spacial score (nSPS) is 11.2. The molecule has 0 saturated carbocycles. The Morgan fingerprint density at radius 1 is 1.55 bits per heavy atom. The molecule has 2 heteroatoms. The maximum atomic E-state index is 11.3. The fourth-order valence-corrected chi connectivity index (χ4v) is 1.17. The number of hydrogen-bond donors (Lipinski definition) is 0. The molecule has 0 bridgehead atoms. The van der Waals surface area contributed by atoms with E-state index in [1.165, 1.54) is 6.08 Å². The number of carbonyl (C=O) groups is 1. The van der Waals surface area contributed by atoms with Crippen molar-refractivity contribution in [3.8, 4) is 0 Å². The molecule has 0 aliphatic heterocycles. The van der Waals surface area contributed by atoms with Crippen LogP contribution in [0.15, 0.2) is 12.7 Å². The Labute approximate surface area is 68.2 Å². The number of carbonyl (C=O) groups excluding carboxylic acids is 1. The Kier molecular flexibility index (Phi) is 4.04. The Balaban J connectivity index is 4.52. The molecule has 0 N–H and O–H groups in total. The first-order chi connectivity index (χ1) is 5.16. The average Bonchev–Trinajstić information content (AvgIpc) is 2.08. The van der Waals surface area contributed by atoms with Gasteiger partial charge in [0.1, 0.15) is 5.60 Å². The van der Waals surface area contributed by atoms with Crippen LogP contribution in [0.25, 0.3) is 0 Å². The van der Waals surface area contributed by atoms with Crippen molar-refractivity contribution in [3.05, 3.63) is 12.7 Å². The van der Waals surface area contributed by atoms with Crippen molar-refractivity contribution >= 4 is 5.78 Å². The topological polar surface area (TPSA) is 26.3 Å². The second-order valence-electron chi connectivity index (χ2n) is 2.47. The van der Waals surface area contributed by atoms with Crippen LogP contribution >= 0.6 is 0 Å². The SMILES string of the molecule is C=CC(=O)C(CC)(CC)OC. The molecule has 0 aromatic heterocycles. The summed E-state index contributed by atoms with van der Waals surface area (Å²) in [7, 11) is 1.56. The monoisotopic (exact) mass is 156 g/mol. The fraction of sp³-hybridized carbons (Fsp3) is 0.667. The van der Waals surface area contributed by atoms with Crippen LogP contribution in [0.4, 0.5) is 0 Å². The predicted molar refractivity (Wildman–Crippen MR) is 45.5 cm³/mol. The van der Waals surface area contributed by atoms with Crippen molar-refractivity contribution in [2.75, 3.05) is 7.11 Å². The van der Waals surface area contributed by atoms with E-state index in [4.69, 9.17) is 4.74 Å². The van der Waals surface area contributed by atoms with Gasteiger partial charge in [-0.3, -0.25) is 4.79 Å². The third-order valence-corrected chi connectivity index (χ3v) is 2.17. The highest BCUT2D eigenvalue weighted by molar-refractivity contribution is 5.96. The van der Waals surface area contributed by atoms with Crippen molar-refractivity contribution in [2.45, 2.75) is 32.3 Å². The summed E-state index contributed by atoms with van der Waals surface area (Å²) in [5.41, 5.74) is -0.623. The minimum absolute atomic E-state index is 0.0231. The lowest BCUT2D eigenvalue weighted by Gasteiger charge is -2.26. The van der Waals surface area contributed by atoms with Crippen molar-refractivity contribution in [1.29, 1.82) is 0 Å². The zero-order chi connectivity index (χ0) is 8.91. The van der Waals surface area contributed by atoms with Gasteiger partial charge in [-0.2, -0.15) is 0 Å². The summed E-state index contributed by atoms with van der Waals surface area (Å²) in [5, 5.41) is 0. The van der Waals surface area contributed by atoms with Crippen LogP contribution in [-0.2, 0) is 9.53 Å². The van der Waals surface area contributed by atoms with Gasteiger partial charge in [0, 0.05) is 7.11 Å². The number of ether oxygens (including phenoxy) is 1. The first-order valence-corrected chi connectivity index (χ1v) is 3.88. The van der Waals surface area contributed by atoms with E-state index in [0.717, 1.165) is 0 Å². The molecule has 0 aliphatic carbocycles. The lowest BCUT2D eigenvalue weighted by molar-refractivity contribution is -0.136. The van der Waals surface area contributed by atoms with Gasteiger partial charge < -0.3 is 4.74 Å². The highest BCUT2D eigenvalue weighted by Gasteiger charge is 2.31. The summed E-state index contributed by atoms with van der Waals surface area (Å²) in [6, 6.07) is 0. The van der Waals surface area contributed by atoms with E-state index < -0.39 is 5.60 Å². The summed E-state index contributed by atoms with van der Waals surface area (Å²) in [4.78, 5) is 11.3. The van der Waals surface area contributed by atoms with E-state index in [2.05, 4.69) is 6.58 Å². The van der Waals surface area contributed by atoms with Crippen LogP contribution in [0.1, 0.15) is 26.7 Å². The second-order valence-corrected chi connectivity index (χ2v) is 2.47. The zero-order valence-electron chi connectivity index (χ0n) is 7.52. The molecule has 0 radical (unpaired) electrons. The Morgan fingerprint density at radius 3 is 2.09 bits per heavy atom. The number of hydrogen-bond acceptors (Lipinski definition) is 2. The molecular formula is C9H16O2. The number of methoxy groups -OCH3 is 1. The first kappa shape index (κ1) is 10.4. The maximum Gasteiger partial charge on any atom is 0.186 e. The standard InChI is InChI=1S/C9H16O2/c1-5-8(10)9(6-2,7-3)11-4/h5H,1,6-7H2,2-4H3. The van der Waals surface area contributed by atoms with Crippen LogP contribution in [0.3, 0.4) is 0 Å². The van der Waals surface area contributed by atoms with Crippen molar-refractivity contribution in [1.82, 2.24) is 0 Å². The van der Waals surface area contributed by atoms with Gasteiger partial charge in [-0.25, -0.2) is 0 Å². The van der Waals surface area contributed by atoms with Crippen LogP contribution in [0.2, 0.25) is 0 Å². The molecule has 64 valence electrons. The molecule has 0 fully saturated rings. The Bertz CT molecular complexity index is 137. The van der Waals surface area contributed by atoms with Crippen LogP contribution < -0.4 is 0 Å². The van der Waals surface area contributed by atoms with Crippen LogP contribution in [-0.4, -0.2) is 18.5 Å².